The molecule has 1 amide bonds. The lowest BCUT2D eigenvalue weighted by Crippen LogP contribution is -2.37. The van der Waals surface area contributed by atoms with Gasteiger partial charge in [0.05, 0.1) is 6.04 Å². The van der Waals surface area contributed by atoms with E-state index >= 15 is 0 Å². The third-order valence-corrected chi connectivity index (χ3v) is 3.25. The minimum Gasteiger partial charge on any atom is -0.508 e. The van der Waals surface area contributed by atoms with Gasteiger partial charge in [-0.1, -0.05) is 12.1 Å². The number of likely N-dealkylation sites (tertiary alicyclic amines) is 1. The van der Waals surface area contributed by atoms with Gasteiger partial charge in [-0.3, -0.25) is 4.79 Å². The lowest BCUT2D eigenvalue weighted by Gasteiger charge is -2.16. The van der Waals surface area contributed by atoms with Crippen LogP contribution in [0.5, 0.6) is 5.75 Å². The summed E-state index contributed by atoms with van der Waals surface area (Å²) in [6.07, 6.45) is 1.73. The molecule has 0 aliphatic carbocycles. The molecule has 0 saturated carbocycles. The molecule has 92 valence electrons. The zero-order chi connectivity index (χ0) is 12.3. The van der Waals surface area contributed by atoms with Crippen LogP contribution >= 0.6 is 0 Å². The van der Waals surface area contributed by atoms with Crippen LogP contribution in [0.3, 0.4) is 0 Å². The lowest BCUT2D eigenvalue weighted by atomic mass is 10.1. The van der Waals surface area contributed by atoms with E-state index in [9.17, 15) is 9.90 Å². The highest BCUT2D eigenvalue weighted by Crippen LogP contribution is 2.14. The topological polar surface area (TPSA) is 52.6 Å². The molecule has 2 N–H and O–H groups in total. The summed E-state index contributed by atoms with van der Waals surface area (Å²) in [6.45, 7) is 1.59. The molecule has 2 rings (SSSR count). The summed E-state index contributed by atoms with van der Waals surface area (Å²) in [5.41, 5.74) is 1.14. The first-order valence-electron chi connectivity index (χ1n) is 5.94. The number of carbonyl (C=O) groups excluding carboxylic acids is 1. The first-order chi connectivity index (χ1) is 8.20. The molecule has 1 atom stereocenters. The van der Waals surface area contributed by atoms with Gasteiger partial charge in [-0.25, -0.2) is 0 Å². The van der Waals surface area contributed by atoms with Gasteiger partial charge in [0.25, 0.3) is 0 Å². The van der Waals surface area contributed by atoms with Crippen LogP contribution in [0.1, 0.15) is 12.0 Å². The van der Waals surface area contributed by atoms with Gasteiger partial charge in [0.15, 0.2) is 0 Å². The summed E-state index contributed by atoms with van der Waals surface area (Å²) in [6, 6.07) is 7.14. The van der Waals surface area contributed by atoms with Crippen LogP contribution in [0, 0.1) is 0 Å². The minimum absolute atomic E-state index is 0.00480. The smallest absolute Gasteiger partial charge is 0.239 e. The molecule has 1 aromatic carbocycles. The monoisotopic (exact) mass is 234 g/mol. The standard InChI is InChI=1S/C13H18N2O2/c1-14-12-7-9-15(13(12)17)8-6-10-2-4-11(16)5-3-10/h2-5,12,14,16H,6-9H2,1H3. The maximum absolute atomic E-state index is 11.8. The second-order valence-electron chi connectivity index (χ2n) is 4.37. The van der Waals surface area contributed by atoms with Gasteiger partial charge in [0.1, 0.15) is 5.75 Å². The summed E-state index contributed by atoms with van der Waals surface area (Å²) in [5, 5.41) is 12.2. The van der Waals surface area contributed by atoms with E-state index < -0.39 is 0 Å². The fourth-order valence-electron chi connectivity index (χ4n) is 2.16. The SMILES string of the molecule is CNC1CCN(CCc2ccc(O)cc2)C1=O. The summed E-state index contributed by atoms with van der Waals surface area (Å²) in [5.74, 6) is 0.479. The molecule has 17 heavy (non-hydrogen) atoms. The van der Waals surface area contributed by atoms with E-state index in [1.165, 1.54) is 0 Å². The van der Waals surface area contributed by atoms with Gasteiger partial charge in [0.2, 0.25) is 5.91 Å². The fraction of sp³-hybridized carbons (Fsp3) is 0.462. The number of phenols is 1. The summed E-state index contributed by atoms with van der Waals surface area (Å²) < 4.78 is 0. The Kier molecular flexibility index (Phi) is 3.64. The number of hydrogen-bond acceptors (Lipinski definition) is 3. The predicted octanol–water partition coefficient (Wildman–Crippen LogP) is 0.755. The summed E-state index contributed by atoms with van der Waals surface area (Å²) >= 11 is 0. The number of amides is 1. The van der Waals surface area contributed by atoms with Crippen molar-refractivity contribution >= 4 is 5.91 Å². The van der Waals surface area contributed by atoms with Gasteiger partial charge in [-0.15, -0.1) is 0 Å². The van der Waals surface area contributed by atoms with Gasteiger partial charge < -0.3 is 15.3 Å². The highest BCUT2D eigenvalue weighted by molar-refractivity contribution is 5.83. The van der Waals surface area contributed by atoms with Gasteiger partial charge in [-0.05, 0) is 37.6 Å². The van der Waals surface area contributed by atoms with Crippen LogP contribution in [0.4, 0.5) is 0 Å². The van der Waals surface area contributed by atoms with Crippen LogP contribution < -0.4 is 5.32 Å². The Bertz CT molecular complexity index is 389. The molecule has 0 radical (unpaired) electrons. The van der Waals surface area contributed by atoms with E-state index in [4.69, 9.17) is 0 Å². The zero-order valence-electron chi connectivity index (χ0n) is 10.0. The number of rotatable bonds is 4. The normalized spacial score (nSPS) is 19.9. The van der Waals surface area contributed by atoms with Crippen molar-refractivity contribution in [2.45, 2.75) is 18.9 Å². The average Bonchev–Trinajstić information content (AvgIpc) is 2.69. The number of benzene rings is 1. The number of aromatic hydroxyl groups is 1. The van der Waals surface area contributed by atoms with Crippen molar-refractivity contribution in [2.75, 3.05) is 20.1 Å². The van der Waals surface area contributed by atoms with E-state index in [0.717, 1.165) is 31.5 Å². The molecule has 1 fully saturated rings. The highest BCUT2D eigenvalue weighted by atomic mass is 16.3. The highest BCUT2D eigenvalue weighted by Gasteiger charge is 2.29. The van der Waals surface area contributed by atoms with Crippen molar-refractivity contribution < 1.29 is 9.90 Å². The van der Waals surface area contributed by atoms with E-state index in [0.29, 0.717) is 0 Å². The Balaban J connectivity index is 1.87. The van der Waals surface area contributed by atoms with Crippen molar-refractivity contribution in [3.8, 4) is 5.75 Å². The van der Waals surface area contributed by atoms with E-state index in [1.54, 1.807) is 12.1 Å². The Morgan fingerprint density at radius 2 is 2.12 bits per heavy atom. The van der Waals surface area contributed by atoms with Crippen molar-refractivity contribution in [2.24, 2.45) is 0 Å². The number of nitrogens with one attached hydrogen (secondary N) is 1. The maximum Gasteiger partial charge on any atom is 0.239 e. The molecule has 0 aromatic heterocycles. The van der Waals surface area contributed by atoms with E-state index in [1.807, 2.05) is 24.1 Å². The number of hydrogen-bond donors (Lipinski definition) is 2. The Labute approximate surface area is 101 Å². The van der Waals surface area contributed by atoms with Crippen LogP contribution in [0.2, 0.25) is 0 Å². The Hall–Kier alpha value is -1.55. The van der Waals surface area contributed by atoms with Gasteiger partial charge in [-0.2, -0.15) is 0 Å². The number of phenolic OH excluding ortho intramolecular Hbond substituents is 1. The van der Waals surface area contributed by atoms with Gasteiger partial charge in [0, 0.05) is 13.1 Å². The van der Waals surface area contributed by atoms with Crippen LogP contribution in [-0.4, -0.2) is 42.1 Å². The van der Waals surface area contributed by atoms with Crippen molar-refractivity contribution in [1.29, 1.82) is 0 Å². The maximum atomic E-state index is 11.8. The molecule has 1 aromatic rings. The molecule has 4 heteroatoms. The molecule has 1 saturated heterocycles. The zero-order valence-corrected chi connectivity index (χ0v) is 10.0. The number of nitrogens with zero attached hydrogens (tertiary/aromatic N) is 1. The Morgan fingerprint density at radius 3 is 2.71 bits per heavy atom. The van der Waals surface area contributed by atoms with Crippen molar-refractivity contribution in [1.82, 2.24) is 10.2 Å². The van der Waals surface area contributed by atoms with Crippen molar-refractivity contribution in [3.63, 3.8) is 0 Å². The Morgan fingerprint density at radius 1 is 1.41 bits per heavy atom. The lowest BCUT2D eigenvalue weighted by molar-refractivity contribution is -0.129. The third kappa shape index (κ3) is 2.77. The van der Waals surface area contributed by atoms with E-state index in [-0.39, 0.29) is 17.7 Å². The number of likely N-dealkylation sites (N-methyl/N-ethyl adjacent to an activating group) is 1. The molecular formula is C13H18N2O2. The molecule has 1 heterocycles. The molecule has 4 nitrogen and oxygen atoms in total. The minimum atomic E-state index is -0.00480. The first-order valence-corrected chi connectivity index (χ1v) is 5.94. The van der Waals surface area contributed by atoms with Crippen LogP contribution in [-0.2, 0) is 11.2 Å². The van der Waals surface area contributed by atoms with Crippen LogP contribution in [0.15, 0.2) is 24.3 Å². The molecule has 0 bridgehead atoms. The molecule has 1 unspecified atom stereocenters. The van der Waals surface area contributed by atoms with Crippen molar-refractivity contribution in [3.05, 3.63) is 29.8 Å². The number of carbonyl (C=O) groups is 1. The second kappa shape index (κ2) is 5.19. The third-order valence-electron chi connectivity index (χ3n) is 3.25. The average molecular weight is 234 g/mol. The summed E-state index contributed by atoms with van der Waals surface area (Å²) in [7, 11) is 1.83. The van der Waals surface area contributed by atoms with Gasteiger partial charge >= 0.3 is 0 Å². The summed E-state index contributed by atoms with van der Waals surface area (Å²) in [4.78, 5) is 13.7. The molecular weight excluding hydrogens is 216 g/mol. The largest absolute Gasteiger partial charge is 0.508 e. The fourth-order valence-corrected chi connectivity index (χ4v) is 2.16. The second-order valence-corrected chi connectivity index (χ2v) is 4.37. The molecule has 1 aliphatic heterocycles. The van der Waals surface area contributed by atoms with Crippen LogP contribution in [0.25, 0.3) is 0 Å². The quantitative estimate of drug-likeness (QED) is 0.808. The molecule has 1 aliphatic rings. The predicted molar refractivity (Wildman–Crippen MR) is 65.9 cm³/mol. The first kappa shape index (κ1) is 11.9. The molecule has 0 spiro atoms. The van der Waals surface area contributed by atoms with E-state index in [2.05, 4.69) is 5.32 Å².